The van der Waals surface area contributed by atoms with Crippen LogP contribution in [-0.2, 0) is 11.2 Å². The number of nitrogens with zero attached hydrogens (tertiary/aromatic N) is 1. The minimum atomic E-state index is -0.822. The van der Waals surface area contributed by atoms with E-state index < -0.39 is 11.7 Å². The van der Waals surface area contributed by atoms with Crippen LogP contribution in [0, 0.1) is 5.82 Å². The molecule has 4 nitrogen and oxygen atoms in total. The van der Waals surface area contributed by atoms with E-state index in [4.69, 9.17) is 10.9 Å². The number of carbonyl (C=O) groups excluding carboxylic acids is 1. The summed E-state index contributed by atoms with van der Waals surface area (Å²) in [5, 5.41) is 11.2. The highest BCUT2D eigenvalue weighted by Crippen LogP contribution is 2.04. The summed E-state index contributed by atoms with van der Waals surface area (Å²) in [6, 6.07) is 5.63. The second-order valence-corrected chi connectivity index (χ2v) is 2.72. The molecular weight excluding hydrogens is 187 g/mol. The Morgan fingerprint density at radius 2 is 2.29 bits per heavy atom. The first-order valence-electron chi connectivity index (χ1n) is 3.88. The molecule has 0 saturated heterocycles. The van der Waals surface area contributed by atoms with E-state index in [9.17, 15) is 9.18 Å². The fraction of sp³-hybridized carbons (Fsp3) is 0.111. The Morgan fingerprint density at radius 3 is 2.79 bits per heavy atom. The SMILES string of the molecule is NC(=O)C(Cc1cccc(F)c1)=NO. The van der Waals surface area contributed by atoms with E-state index in [2.05, 4.69) is 5.16 Å². The van der Waals surface area contributed by atoms with Gasteiger partial charge in [-0.1, -0.05) is 17.3 Å². The molecule has 1 aromatic carbocycles. The first kappa shape index (κ1) is 10.2. The molecule has 0 heterocycles. The van der Waals surface area contributed by atoms with Crippen molar-refractivity contribution in [1.82, 2.24) is 0 Å². The predicted octanol–water partition coefficient (Wildman–Crippen LogP) is 0.684. The Kier molecular flexibility index (Phi) is 3.17. The van der Waals surface area contributed by atoms with Gasteiger partial charge in [-0.25, -0.2) is 4.39 Å². The van der Waals surface area contributed by atoms with Crippen LogP contribution in [-0.4, -0.2) is 16.8 Å². The van der Waals surface area contributed by atoms with Crippen molar-refractivity contribution in [2.45, 2.75) is 6.42 Å². The molecule has 0 fully saturated rings. The van der Waals surface area contributed by atoms with Gasteiger partial charge in [-0.2, -0.15) is 0 Å². The van der Waals surface area contributed by atoms with E-state index in [1.165, 1.54) is 18.2 Å². The Morgan fingerprint density at radius 1 is 1.57 bits per heavy atom. The third-order valence-corrected chi connectivity index (χ3v) is 1.67. The van der Waals surface area contributed by atoms with Crippen LogP contribution >= 0.6 is 0 Å². The van der Waals surface area contributed by atoms with Crippen LogP contribution in [0.1, 0.15) is 5.56 Å². The minimum Gasteiger partial charge on any atom is -0.410 e. The summed E-state index contributed by atoms with van der Waals surface area (Å²) >= 11 is 0. The van der Waals surface area contributed by atoms with E-state index in [-0.39, 0.29) is 12.1 Å². The standard InChI is InChI=1S/C9H9FN2O2/c10-7-3-1-2-6(4-7)5-8(12-14)9(11)13/h1-4,14H,5H2,(H2,11,13). The lowest BCUT2D eigenvalue weighted by Gasteiger charge is -2.00. The summed E-state index contributed by atoms with van der Waals surface area (Å²) < 4.78 is 12.7. The maximum Gasteiger partial charge on any atom is 0.266 e. The quantitative estimate of drug-likeness (QED) is 0.424. The van der Waals surface area contributed by atoms with E-state index >= 15 is 0 Å². The maximum atomic E-state index is 12.7. The third kappa shape index (κ3) is 2.55. The molecule has 3 N–H and O–H groups in total. The largest absolute Gasteiger partial charge is 0.410 e. The summed E-state index contributed by atoms with van der Waals surface area (Å²) in [6.45, 7) is 0. The van der Waals surface area contributed by atoms with Crippen LogP contribution in [0.15, 0.2) is 29.4 Å². The topological polar surface area (TPSA) is 75.7 Å². The van der Waals surface area contributed by atoms with Crippen LogP contribution in [0.4, 0.5) is 4.39 Å². The van der Waals surface area contributed by atoms with E-state index in [0.717, 1.165) is 0 Å². The normalized spacial score (nSPS) is 11.4. The number of hydrogen-bond acceptors (Lipinski definition) is 3. The number of primary amides is 1. The smallest absolute Gasteiger partial charge is 0.266 e. The van der Waals surface area contributed by atoms with Gasteiger partial charge < -0.3 is 10.9 Å². The number of hydrogen-bond donors (Lipinski definition) is 2. The highest BCUT2D eigenvalue weighted by atomic mass is 19.1. The lowest BCUT2D eigenvalue weighted by atomic mass is 10.1. The number of nitrogens with two attached hydrogens (primary N) is 1. The number of rotatable bonds is 3. The van der Waals surface area contributed by atoms with Crippen LogP contribution < -0.4 is 5.73 Å². The minimum absolute atomic E-state index is 0.0175. The van der Waals surface area contributed by atoms with Crippen molar-refractivity contribution in [3.63, 3.8) is 0 Å². The molecular formula is C9H9FN2O2. The molecule has 0 aromatic heterocycles. The first-order chi connectivity index (χ1) is 6.63. The van der Waals surface area contributed by atoms with Crippen LogP contribution in [0.5, 0.6) is 0 Å². The molecule has 0 radical (unpaired) electrons. The summed E-state index contributed by atoms with van der Waals surface area (Å²) in [4.78, 5) is 10.7. The average Bonchev–Trinajstić information content (AvgIpc) is 2.14. The Hall–Kier alpha value is -1.91. The number of benzene rings is 1. The molecule has 0 unspecified atom stereocenters. The summed E-state index contributed by atoms with van der Waals surface area (Å²) in [5.74, 6) is -1.24. The van der Waals surface area contributed by atoms with Crippen molar-refractivity contribution in [2.24, 2.45) is 10.9 Å². The molecule has 0 bridgehead atoms. The zero-order valence-corrected chi connectivity index (χ0v) is 7.27. The molecule has 1 aromatic rings. The molecule has 0 aliphatic carbocycles. The first-order valence-corrected chi connectivity index (χ1v) is 3.88. The number of oxime groups is 1. The van der Waals surface area contributed by atoms with Gasteiger partial charge in [0.1, 0.15) is 11.5 Å². The number of carbonyl (C=O) groups is 1. The van der Waals surface area contributed by atoms with Gasteiger partial charge in [0.15, 0.2) is 0 Å². The van der Waals surface area contributed by atoms with Crippen molar-refractivity contribution in [3.05, 3.63) is 35.6 Å². The van der Waals surface area contributed by atoms with Crippen molar-refractivity contribution in [3.8, 4) is 0 Å². The molecule has 0 atom stereocenters. The molecule has 0 spiro atoms. The average molecular weight is 196 g/mol. The number of halogens is 1. The Balaban J connectivity index is 2.83. The highest BCUT2D eigenvalue weighted by Gasteiger charge is 2.08. The molecule has 0 aliphatic heterocycles. The molecule has 1 rings (SSSR count). The predicted molar refractivity (Wildman–Crippen MR) is 48.5 cm³/mol. The van der Waals surface area contributed by atoms with Gasteiger partial charge in [-0.15, -0.1) is 0 Å². The van der Waals surface area contributed by atoms with Gasteiger partial charge in [0, 0.05) is 6.42 Å². The zero-order valence-electron chi connectivity index (χ0n) is 7.27. The maximum absolute atomic E-state index is 12.7. The van der Waals surface area contributed by atoms with Gasteiger partial charge in [-0.05, 0) is 17.7 Å². The van der Waals surface area contributed by atoms with E-state index in [1.54, 1.807) is 6.07 Å². The van der Waals surface area contributed by atoms with Crippen LogP contribution in [0.25, 0.3) is 0 Å². The number of amides is 1. The van der Waals surface area contributed by atoms with Crippen molar-refractivity contribution >= 4 is 11.6 Å². The van der Waals surface area contributed by atoms with Gasteiger partial charge in [-0.3, -0.25) is 4.79 Å². The molecule has 0 saturated carbocycles. The molecule has 14 heavy (non-hydrogen) atoms. The summed E-state index contributed by atoms with van der Waals surface area (Å²) in [7, 11) is 0. The summed E-state index contributed by atoms with van der Waals surface area (Å²) in [6.07, 6.45) is 0.0175. The van der Waals surface area contributed by atoms with E-state index in [1.807, 2.05) is 0 Å². The molecule has 5 heteroatoms. The van der Waals surface area contributed by atoms with Gasteiger partial charge in [0.05, 0.1) is 0 Å². The lowest BCUT2D eigenvalue weighted by molar-refractivity contribution is -0.112. The monoisotopic (exact) mass is 196 g/mol. The highest BCUT2D eigenvalue weighted by molar-refractivity contribution is 6.38. The second kappa shape index (κ2) is 4.36. The van der Waals surface area contributed by atoms with Crippen LogP contribution in [0.3, 0.4) is 0 Å². The van der Waals surface area contributed by atoms with Gasteiger partial charge in [0.25, 0.3) is 5.91 Å². The van der Waals surface area contributed by atoms with Gasteiger partial charge >= 0.3 is 0 Å². The third-order valence-electron chi connectivity index (χ3n) is 1.67. The lowest BCUT2D eigenvalue weighted by Crippen LogP contribution is -2.25. The van der Waals surface area contributed by atoms with Crippen LogP contribution in [0.2, 0.25) is 0 Å². The zero-order chi connectivity index (χ0) is 10.6. The molecule has 74 valence electrons. The van der Waals surface area contributed by atoms with Gasteiger partial charge in [0.2, 0.25) is 0 Å². The van der Waals surface area contributed by atoms with Crippen molar-refractivity contribution in [1.29, 1.82) is 0 Å². The molecule has 0 aliphatic rings. The fourth-order valence-electron chi connectivity index (χ4n) is 1.01. The van der Waals surface area contributed by atoms with Crippen molar-refractivity contribution in [2.75, 3.05) is 0 Å². The second-order valence-electron chi connectivity index (χ2n) is 2.72. The Bertz CT molecular complexity index is 377. The van der Waals surface area contributed by atoms with Crippen molar-refractivity contribution < 1.29 is 14.4 Å². The summed E-state index contributed by atoms with van der Waals surface area (Å²) in [5.41, 5.74) is 5.24. The fourth-order valence-corrected chi connectivity index (χ4v) is 1.01. The molecule has 1 amide bonds. The Labute approximate surface area is 79.8 Å². The van der Waals surface area contributed by atoms with E-state index in [0.29, 0.717) is 5.56 Å².